The molecule has 5 aliphatic rings. The molecule has 0 spiro atoms. The van der Waals surface area contributed by atoms with Crippen LogP contribution in [0.2, 0.25) is 0 Å². The lowest BCUT2D eigenvalue weighted by Crippen LogP contribution is -2.68. The summed E-state index contributed by atoms with van der Waals surface area (Å²) in [5.74, 6) is 1.94. The van der Waals surface area contributed by atoms with Crippen LogP contribution in [0.5, 0.6) is 0 Å². The van der Waals surface area contributed by atoms with Gasteiger partial charge in [0.2, 0.25) is 5.70 Å². The highest BCUT2D eigenvalue weighted by Crippen LogP contribution is 2.74. The summed E-state index contributed by atoms with van der Waals surface area (Å²) in [6, 6.07) is 0. The molecule has 3 fully saturated rings. The second-order valence-corrected chi connectivity index (χ2v) is 14.8. The van der Waals surface area contributed by atoms with E-state index >= 15 is 0 Å². The van der Waals surface area contributed by atoms with Gasteiger partial charge in [-0.1, -0.05) is 60.1 Å². The first kappa shape index (κ1) is 28.1. The van der Waals surface area contributed by atoms with Crippen LogP contribution in [0.1, 0.15) is 100 Å². The molecular formula is C33H44N2O4. The number of carbonyl (C=O) groups is 3. The molecule has 6 nitrogen and oxygen atoms in total. The normalized spacial score (nSPS) is 41.1. The monoisotopic (exact) mass is 532 g/mol. The van der Waals surface area contributed by atoms with Crippen LogP contribution in [0.25, 0.3) is 4.85 Å². The van der Waals surface area contributed by atoms with Crippen molar-refractivity contribution in [1.82, 2.24) is 5.32 Å². The number of allylic oxidation sites excluding steroid dienone is 4. The van der Waals surface area contributed by atoms with E-state index in [1.807, 2.05) is 26.0 Å². The summed E-state index contributed by atoms with van der Waals surface area (Å²) in [6.07, 6.45) is 9.13. The topological polar surface area (TPSA) is 76.8 Å². The van der Waals surface area contributed by atoms with Gasteiger partial charge >= 0.3 is 6.09 Å². The summed E-state index contributed by atoms with van der Waals surface area (Å²) < 4.78 is 5.33. The van der Waals surface area contributed by atoms with Crippen molar-refractivity contribution in [1.29, 1.82) is 0 Å². The van der Waals surface area contributed by atoms with Gasteiger partial charge in [0.1, 0.15) is 0 Å². The maximum Gasteiger partial charge on any atom is 0.407 e. The lowest BCUT2D eigenvalue weighted by atomic mass is 9.35. The molecule has 39 heavy (non-hydrogen) atoms. The van der Waals surface area contributed by atoms with Crippen molar-refractivity contribution in [3.63, 3.8) is 0 Å². The molecule has 0 aromatic heterocycles. The van der Waals surface area contributed by atoms with Crippen molar-refractivity contribution in [3.05, 3.63) is 46.7 Å². The van der Waals surface area contributed by atoms with Crippen LogP contribution >= 0.6 is 0 Å². The predicted molar refractivity (Wildman–Crippen MR) is 150 cm³/mol. The molecule has 2 radical (unpaired) electrons. The first-order valence-corrected chi connectivity index (χ1v) is 14.6. The van der Waals surface area contributed by atoms with Crippen molar-refractivity contribution < 1.29 is 19.1 Å². The Kier molecular flexibility index (Phi) is 6.16. The van der Waals surface area contributed by atoms with Crippen LogP contribution in [0, 0.1) is 51.4 Å². The maximum absolute atomic E-state index is 14.4. The van der Waals surface area contributed by atoms with Gasteiger partial charge in [-0.15, -0.1) is 0 Å². The molecule has 0 bridgehead atoms. The van der Waals surface area contributed by atoms with Gasteiger partial charge in [-0.05, 0) is 80.1 Å². The van der Waals surface area contributed by atoms with Gasteiger partial charge in [0, 0.05) is 16.7 Å². The zero-order valence-electron chi connectivity index (χ0n) is 25.0. The molecule has 0 aliphatic heterocycles. The molecule has 0 heterocycles. The van der Waals surface area contributed by atoms with Crippen LogP contribution < -0.4 is 5.32 Å². The van der Waals surface area contributed by atoms with E-state index in [9.17, 15) is 14.4 Å². The Morgan fingerprint density at radius 1 is 1.03 bits per heavy atom. The van der Waals surface area contributed by atoms with Crippen molar-refractivity contribution >= 4 is 17.7 Å². The number of rotatable bonds is 2. The summed E-state index contributed by atoms with van der Waals surface area (Å²) >= 11 is 0. The highest BCUT2D eigenvalue weighted by Gasteiger charge is 2.70. The Morgan fingerprint density at radius 3 is 2.33 bits per heavy atom. The summed E-state index contributed by atoms with van der Waals surface area (Å²) in [4.78, 5) is 44.1. The number of Topliss-reactive ketones (excluding diaryl/α,β-unsaturated/α-hetero) is 1. The fourth-order valence-electron chi connectivity index (χ4n) is 9.45. The summed E-state index contributed by atoms with van der Waals surface area (Å²) in [5, 5.41) is 3.24. The number of hydrogen-bond acceptors (Lipinski definition) is 4. The van der Waals surface area contributed by atoms with E-state index in [1.165, 1.54) is 0 Å². The maximum atomic E-state index is 14.4. The predicted octanol–water partition coefficient (Wildman–Crippen LogP) is 6.97. The molecule has 210 valence electrons. The number of ether oxygens (including phenoxy) is 1. The highest BCUT2D eigenvalue weighted by atomic mass is 16.5. The van der Waals surface area contributed by atoms with E-state index in [2.05, 4.69) is 44.8 Å². The van der Waals surface area contributed by atoms with Gasteiger partial charge in [-0.25, -0.2) is 9.64 Å². The Balaban J connectivity index is 1.66. The summed E-state index contributed by atoms with van der Waals surface area (Å²) in [7, 11) is 0. The first-order valence-electron chi connectivity index (χ1n) is 14.6. The van der Waals surface area contributed by atoms with Crippen molar-refractivity contribution in [2.45, 2.75) is 106 Å². The van der Waals surface area contributed by atoms with Crippen LogP contribution in [0.4, 0.5) is 4.79 Å². The molecule has 0 saturated heterocycles. The number of ketones is 2. The van der Waals surface area contributed by atoms with Crippen LogP contribution in [-0.2, 0) is 14.3 Å². The number of nitrogens with one attached hydrogen (secondary N) is 1. The highest BCUT2D eigenvalue weighted by molar-refractivity contribution is 6.08. The van der Waals surface area contributed by atoms with E-state index in [0.29, 0.717) is 6.61 Å². The van der Waals surface area contributed by atoms with Gasteiger partial charge in [-0.2, -0.15) is 0 Å². The SMILES string of the molecule is [C-]#[N+]C1=C[C@]2(C)C3=CC(=O)[C]4[C]5CC(C)(C)CC[C@]5(NC(=O)OCC)CC[C@@]4(C)[C@]3(C)CC[C@H]2C(C)(C)C1=O. The molecule has 1 amide bonds. The van der Waals surface area contributed by atoms with Gasteiger partial charge in [-0.3, -0.25) is 4.79 Å². The molecule has 1 N–H and O–H groups in total. The van der Waals surface area contributed by atoms with Crippen LogP contribution in [0.3, 0.4) is 0 Å². The fourth-order valence-corrected chi connectivity index (χ4v) is 9.45. The number of carbonyl (C=O) groups excluding carboxylic acids is 3. The smallest absolute Gasteiger partial charge is 0.407 e. The van der Waals surface area contributed by atoms with Gasteiger partial charge < -0.3 is 14.8 Å². The molecule has 0 unspecified atom stereocenters. The third-order valence-electron chi connectivity index (χ3n) is 11.8. The van der Waals surface area contributed by atoms with Gasteiger partial charge in [0.25, 0.3) is 0 Å². The minimum Gasteiger partial charge on any atom is -0.450 e. The summed E-state index contributed by atoms with van der Waals surface area (Å²) in [5.41, 5.74) is -1.22. The minimum atomic E-state index is -0.674. The van der Waals surface area contributed by atoms with E-state index in [-0.39, 0.29) is 34.0 Å². The van der Waals surface area contributed by atoms with Crippen molar-refractivity contribution in [2.24, 2.45) is 33.0 Å². The molecule has 5 atom stereocenters. The molecule has 6 heteroatoms. The number of amides is 1. The van der Waals surface area contributed by atoms with Crippen molar-refractivity contribution in [2.75, 3.05) is 6.61 Å². The quantitative estimate of drug-likeness (QED) is 0.390. The van der Waals surface area contributed by atoms with Crippen LogP contribution in [0.15, 0.2) is 23.4 Å². The molecular weight excluding hydrogens is 488 g/mol. The Hall–Kier alpha value is -2.42. The van der Waals surface area contributed by atoms with Gasteiger partial charge in [0.15, 0.2) is 11.6 Å². The second-order valence-electron chi connectivity index (χ2n) is 14.8. The summed E-state index contributed by atoms with van der Waals surface area (Å²) in [6.45, 7) is 25.0. The van der Waals surface area contributed by atoms with Crippen molar-refractivity contribution in [3.8, 4) is 0 Å². The molecule has 5 rings (SSSR count). The van der Waals surface area contributed by atoms with E-state index in [4.69, 9.17) is 11.3 Å². The standard InChI is InChI=1S/C33H44N2O4/c1-10-39-27(38)35-33-15-13-28(2,3)18-20(33)25-22(36)17-24-30(6)19-21(34-9)26(37)29(4,5)23(30)11-12-31(24,7)32(25,8)14-16-33/h17,19,23H,10-16,18H2,1-8H3,(H,35,38)/t23-,30-,31+,32+,33-/m0/s1. The number of fused-ring (bicyclic) bond motifs is 7. The lowest BCUT2D eigenvalue weighted by molar-refractivity contribution is -0.133. The molecule has 5 aliphatic carbocycles. The molecule has 3 saturated carbocycles. The second kappa shape index (κ2) is 8.54. The van der Waals surface area contributed by atoms with E-state index in [1.54, 1.807) is 6.92 Å². The molecule has 0 aromatic rings. The van der Waals surface area contributed by atoms with E-state index in [0.717, 1.165) is 62.4 Å². The number of hydrogen-bond donors (Lipinski definition) is 1. The molecule has 0 aromatic carbocycles. The average Bonchev–Trinajstić information content (AvgIpc) is 2.84. The third kappa shape index (κ3) is 3.67. The lowest BCUT2D eigenvalue weighted by Gasteiger charge is -2.68. The zero-order chi connectivity index (χ0) is 28.8. The fraction of sp³-hybridized carbons (Fsp3) is 0.697. The first-order chi connectivity index (χ1) is 18.0. The zero-order valence-corrected chi connectivity index (χ0v) is 25.0. The third-order valence-corrected chi connectivity index (χ3v) is 11.8. The van der Waals surface area contributed by atoms with E-state index < -0.39 is 27.9 Å². The Labute approximate surface area is 234 Å². The number of nitrogens with zero attached hydrogens (tertiary/aromatic N) is 1. The largest absolute Gasteiger partial charge is 0.450 e. The Morgan fingerprint density at radius 2 is 1.69 bits per heavy atom. The average molecular weight is 533 g/mol. The number of alkyl carbamates (subject to hydrolysis) is 1. The Bertz CT molecular complexity index is 1240. The van der Waals surface area contributed by atoms with Crippen LogP contribution in [-0.4, -0.2) is 29.8 Å². The van der Waals surface area contributed by atoms with Gasteiger partial charge in [0.05, 0.1) is 24.6 Å². The minimum absolute atomic E-state index is 0.0229.